The van der Waals surface area contributed by atoms with Crippen molar-refractivity contribution < 1.29 is 13.9 Å². The molecule has 0 saturated heterocycles. The van der Waals surface area contributed by atoms with E-state index in [0.29, 0.717) is 0 Å². The van der Waals surface area contributed by atoms with Crippen LogP contribution in [0.1, 0.15) is 0 Å². The number of hydrogen-bond acceptors (Lipinski definition) is 3. The Morgan fingerprint density at radius 2 is 2.20 bits per heavy atom. The maximum Gasteiger partial charge on any atom is 0.288 e. The summed E-state index contributed by atoms with van der Waals surface area (Å²) in [7, 11) is 3.13. The molecule has 0 spiro atoms. The van der Waals surface area contributed by atoms with Crippen molar-refractivity contribution in [2.45, 2.75) is 0 Å². The lowest BCUT2D eigenvalue weighted by Crippen LogP contribution is -2.25. The fourth-order valence-corrected chi connectivity index (χ4v) is 0.866. The summed E-state index contributed by atoms with van der Waals surface area (Å²) >= 11 is 0. The number of ether oxygens (including phenoxy) is 1. The maximum atomic E-state index is 12.7. The number of carbonyl (C=O) groups is 1. The molecule has 4 nitrogen and oxygen atoms in total. The highest BCUT2D eigenvalue weighted by molar-refractivity contribution is 5.90. The Hall–Kier alpha value is -1.91. The standard InChI is InChI=1S/C10H11FN2O2/c1-7(10(14)13(2)3)15-9-6-4-5-8(11)12-9/h4-6H,1H2,2-3H3. The van der Waals surface area contributed by atoms with Crippen LogP contribution in [0.25, 0.3) is 0 Å². The third-order valence-corrected chi connectivity index (χ3v) is 1.56. The second-order valence-electron chi connectivity index (χ2n) is 3.02. The first-order valence-electron chi connectivity index (χ1n) is 4.21. The van der Waals surface area contributed by atoms with Crippen molar-refractivity contribution in [1.29, 1.82) is 0 Å². The van der Waals surface area contributed by atoms with Crippen LogP contribution in [0.3, 0.4) is 0 Å². The number of pyridine rings is 1. The lowest BCUT2D eigenvalue weighted by Gasteiger charge is -2.12. The monoisotopic (exact) mass is 210 g/mol. The molecular formula is C10H11FN2O2. The highest BCUT2D eigenvalue weighted by atomic mass is 19.1. The van der Waals surface area contributed by atoms with Gasteiger partial charge in [-0.25, -0.2) is 0 Å². The van der Waals surface area contributed by atoms with E-state index in [2.05, 4.69) is 11.6 Å². The first-order chi connectivity index (χ1) is 7.00. The van der Waals surface area contributed by atoms with Crippen LogP contribution >= 0.6 is 0 Å². The molecule has 1 heterocycles. The third kappa shape index (κ3) is 3.05. The Morgan fingerprint density at radius 1 is 1.53 bits per heavy atom. The minimum Gasteiger partial charge on any atom is -0.434 e. The fraction of sp³-hybridized carbons (Fsp3) is 0.200. The molecule has 15 heavy (non-hydrogen) atoms. The molecule has 1 aromatic heterocycles. The van der Waals surface area contributed by atoms with Gasteiger partial charge >= 0.3 is 0 Å². The predicted molar refractivity (Wildman–Crippen MR) is 52.7 cm³/mol. The van der Waals surface area contributed by atoms with Gasteiger partial charge in [0.05, 0.1) is 0 Å². The molecule has 1 rings (SSSR count). The molecule has 80 valence electrons. The summed E-state index contributed by atoms with van der Waals surface area (Å²) < 4.78 is 17.6. The highest BCUT2D eigenvalue weighted by Gasteiger charge is 2.12. The minimum atomic E-state index is -0.669. The first-order valence-corrected chi connectivity index (χ1v) is 4.21. The van der Waals surface area contributed by atoms with E-state index in [0.717, 1.165) is 0 Å². The molecule has 1 amide bonds. The van der Waals surface area contributed by atoms with Gasteiger partial charge < -0.3 is 9.64 Å². The number of halogens is 1. The lowest BCUT2D eigenvalue weighted by molar-refractivity contribution is -0.126. The molecule has 0 atom stereocenters. The van der Waals surface area contributed by atoms with Gasteiger partial charge in [0.15, 0.2) is 5.76 Å². The molecule has 0 unspecified atom stereocenters. The fourth-order valence-electron chi connectivity index (χ4n) is 0.866. The number of rotatable bonds is 3. The van der Waals surface area contributed by atoms with E-state index in [1.54, 1.807) is 14.1 Å². The summed E-state index contributed by atoms with van der Waals surface area (Å²) in [5, 5.41) is 0. The van der Waals surface area contributed by atoms with E-state index in [1.165, 1.54) is 23.1 Å². The number of nitrogens with zero attached hydrogens (tertiary/aromatic N) is 2. The second kappa shape index (κ2) is 4.54. The van der Waals surface area contributed by atoms with Gasteiger partial charge in [-0.05, 0) is 6.07 Å². The van der Waals surface area contributed by atoms with E-state index in [4.69, 9.17) is 4.74 Å². The number of aromatic nitrogens is 1. The van der Waals surface area contributed by atoms with Gasteiger partial charge in [0.1, 0.15) is 0 Å². The maximum absolute atomic E-state index is 12.7. The van der Waals surface area contributed by atoms with Crippen molar-refractivity contribution in [1.82, 2.24) is 9.88 Å². The van der Waals surface area contributed by atoms with E-state index in [1.807, 2.05) is 0 Å². The summed E-state index contributed by atoms with van der Waals surface area (Å²) in [5.74, 6) is -1.15. The van der Waals surface area contributed by atoms with Gasteiger partial charge in [0.25, 0.3) is 5.91 Å². The van der Waals surface area contributed by atoms with Crippen molar-refractivity contribution in [3.63, 3.8) is 0 Å². The van der Waals surface area contributed by atoms with Crippen molar-refractivity contribution in [3.05, 3.63) is 36.5 Å². The van der Waals surface area contributed by atoms with Gasteiger partial charge in [-0.3, -0.25) is 4.79 Å². The summed E-state index contributed by atoms with van der Waals surface area (Å²) in [4.78, 5) is 16.1. The molecule has 0 aliphatic heterocycles. The number of amides is 1. The Bertz CT molecular complexity index is 391. The average molecular weight is 210 g/mol. The molecule has 0 radical (unpaired) electrons. The van der Waals surface area contributed by atoms with Crippen LogP contribution in [0, 0.1) is 5.95 Å². The normalized spacial score (nSPS) is 9.53. The molecule has 0 aliphatic rings. The topological polar surface area (TPSA) is 42.4 Å². The Kier molecular flexibility index (Phi) is 3.38. The predicted octanol–water partition coefficient (Wildman–Crippen LogP) is 1.20. The smallest absolute Gasteiger partial charge is 0.288 e. The third-order valence-electron chi connectivity index (χ3n) is 1.56. The Labute approximate surface area is 87.0 Å². The van der Waals surface area contributed by atoms with Gasteiger partial charge in [-0.2, -0.15) is 9.37 Å². The second-order valence-corrected chi connectivity index (χ2v) is 3.02. The minimum absolute atomic E-state index is 0.00944. The van der Waals surface area contributed by atoms with Crippen molar-refractivity contribution in [2.24, 2.45) is 0 Å². The molecule has 0 aromatic carbocycles. The molecule has 1 aromatic rings. The summed E-state index contributed by atoms with van der Waals surface area (Å²) in [6.45, 7) is 3.42. The van der Waals surface area contributed by atoms with Crippen molar-refractivity contribution in [3.8, 4) is 5.88 Å². The zero-order chi connectivity index (χ0) is 11.4. The summed E-state index contributed by atoms with van der Waals surface area (Å²) in [5.41, 5.74) is 0. The zero-order valence-corrected chi connectivity index (χ0v) is 8.53. The molecule has 0 saturated carbocycles. The SMILES string of the molecule is C=C(Oc1cccc(F)n1)C(=O)N(C)C. The number of carbonyl (C=O) groups excluding carboxylic acids is 1. The van der Waals surface area contributed by atoms with E-state index in [9.17, 15) is 9.18 Å². The molecule has 0 fully saturated rings. The van der Waals surface area contributed by atoms with Crippen LogP contribution in [-0.2, 0) is 4.79 Å². The Balaban J connectivity index is 2.71. The van der Waals surface area contributed by atoms with Crippen molar-refractivity contribution >= 4 is 5.91 Å². The summed E-state index contributed by atoms with van der Waals surface area (Å²) in [6.07, 6.45) is 0. The molecule has 0 bridgehead atoms. The lowest BCUT2D eigenvalue weighted by atomic mass is 10.4. The molecule has 0 N–H and O–H groups in total. The van der Waals surface area contributed by atoms with Crippen LogP contribution in [0.2, 0.25) is 0 Å². The molecule has 0 aliphatic carbocycles. The summed E-state index contributed by atoms with van der Waals surface area (Å²) in [6, 6.07) is 4.06. The van der Waals surface area contributed by atoms with Gasteiger partial charge in [0, 0.05) is 20.2 Å². The van der Waals surface area contributed by atoms with Gasteiger partial charge in [0.2, 0.25) is 11.8 Å². The largest absolute Gasteiger partial charge is 0.434 e. The van der Waals surface area contributed by atoms with E-state index < -0.39 is 5.95 Å². The zero-order valence-electron chi connectivity index (χ0n) is 8.53. The average Bonchev–Trinajstić information content (AvgIpc) is 2.16. The number of hydrogen-bond donors (Lipinski definition) is 0. The molecule has 5 heteroatoms. The quantitative estimate of drug-likeness (QED) is 0.427. The van der Waals surface area contributed by atoms with Crippen LogP contribution < -0.4 is 4.74 Å². The first kappa shape index (κ1) is 11.2. The van der Waals surface area contributed by atoms with Crippen molar-refractivity contribution in [2.75, 3.05) is 14.1 Å². The van der Waals surface area contributed by atoms with E-state index >= 15 is 0 Å². The van der Waals surface area contributed by atoms with Gasteiger partial charge in [-0.15, -0.1) is 0 Å². The number of likely N-dealkylation sites (N-methyl/N-ethyl adjacent to an activating group) is 1. The van der Waals surface area contributed by atoms with Crippen LogP contribution in [0.5, 0.6) is 5.88 Å². The van der Waals surface area contributed by atoms with Gasteiger partial charge in [-0.1, -0.05) is 12.6 Å². The Morgan fingerprint density at radius 3 is 2.73 bits per heavy atom. The molecular weight excluding hydrogens is 199 g/mol. The van der Waals surface area contributed by atoms with Crippen LogP contribution in [0.4, 0.5) is 4.39 Å². The van der Waals surface area contributed by atoms with E-state index in [-0.39, 0.29) is 17.5 Å². The highest BCUT2D eigenvalue weighted by Crippen LogP contribution is 2.10. The van der Waals surface area contributed by atoms with Crippen LogP contribution in [-0.4, -0.2) is 29.9 Å². The van der Waals surface area contributed by atoms with Crippen LogP contribution in [0.15, 0.2) is 30.5 Å².